The summed E-state index contributed by atoms with van der Waals surface area (Å²) in [7, 11) is 0. The van der Waals surface area contributed by atoms with Gasteiger partial charge in [0.15, 0.2) is 0 Å². The first kappa shape index (κ1) is 16.8. The average molecular weight is 345 g/mol. The first-order chi connectivity index (χ1) is 11.7. The SMILES string of the molecule is O=C(NCC1(c2ccccc2)CCOCC1)Nc1cccc(Cl)c1. The molecule has 2 N–H and O–H groups in total. The van der Waals surface area contributed by atoms with Crippen molar-refractivity contribution in [2.45, 2.75) is 18.3 Å². The van der Waals surface area contributed by atoms with Crippen LogP contribution in [-0.2, 0) is 10.2 Å². The lowest BCUT2D eigenvalue weighted by Gasteiger charge is -2.38. The zero-order valence-corrected chi connectivity index (χ0v) is 14.2. The molecule has 3 rings (SSSR count). The number of amides is 2. The number of ether oxygens (including phenoxy) is 1. The summed E-state index contributed by atoms with van der Waals surface area (Å²) in [5.74, 6) is 0. The van der Waals surface area contributed by atoms with E-state index in [1.54, 1.807) is 12.1 Å². The molecular weight excluding hydrogens is 324 g/mol. The molecule has 1 saturated heterocycles. The minimum absolute atomic E-state index is 0.0782. The first-order valence-corrected chi connectivity index (χ1v) is 8.49. The Morgan fingerprint density at radius 2 is 1.83 bits per heavy atom. The smallest absolute Gasteiger partial charge is 0.319 e. The fraction of sp³-hybridized carbons (Fsp3) is 0.316. The quantitative estimate of drug-likeness (QED) is 0.872. The van der Waals surface area contributed by atoms with E-state index in [9.17, 15) is 4.79 Å². The van der Waals surface area contributed by atoms with Gasteiger partial charge in [-0.05, 0) is 36.6 Å². The Balaban J connectivity index is 1.66. The molecule has 1 aliphatic heterocycles. The number of halogens is 1. The van der Waals surface area contributed by atoms with E-state index in [4.69, 9.17) is 16.3 Å². The molecule has 0 saturated carbocycles. The summed E-state index contributed by atoms with van der Waals surface area (Å²) in [5.41, 5.74) is 1.85. The van der Waals surface area contributed by atoms with Crippen LogP contribution >= 0.6 is 11.6 Å². The minimum atomic E-state index is -0.223. The van der Waals surface area contributed by atoms with Gasteiger partial charge < -0.3 is 15.4 Å². The molecule has 4 nitrogen and oxygen atoms in total. The van der Waals surface area contributed by atoms with Gasteiger partial charge in [-0.15, -0.1) is 0 Å². The molecule has 0 bridgehead atoms. The third kappa shape index (κ3) is 4.08. The Morgan fingerprint density at radius 3 is 2.54 bits per heavy atom. The van der Waals surface area contributed by atoms with E-state index in [-0.39, 0.29) is 11.4 Å². The van der Waals surface area contributed by atoms with Crippen LogP contribution in [0.4, 0.5) is 10.5 Å². The summed E-state index contributed by atoms with van der Waals surface area (Å²) in [4.78, 5) is 12.2. The standard InChI is InChI=1S/C19H21ClN2O2/c20-16-7-4-8-17(13-16)22-18(23)21-14-19(9-11-24-12-10-19)15-5-2-1-3-6-15/h1-8,13H,9-12,14H2,(H2,21,22,23). The number of urea groups is 1. The van der Waals surface area contributed by atoms with Crippen LogP contribution in [0.5, 0.6) is 0 Å². The van der Waals surface area contributed by atoms with Crippen LogP contribution in [0.25, 0.3) is 0 Å². The first-order valence-electron chi connectivity index (χ1n) is 8.12. The summed E-state index contributed by atoms with van der Waals surface area (Å²) < 4.78 is 5.52. The Kier molecular flexibility index (Phi) is 5.38. The summed E-state index contributed by atoms with van der Waals surface area (Å²) in [5, 5.41) is 6.43. The average Bonchev–Trinajstić information content (AvgIpc) is 2.62. The molecular formula is C19H21ClN2O2. The fourth-order valence-corrected chi connectivity index (χ4v) is 3.30. The lowest BCUT2D eigenvalue weighted by Crippen LogP contribution is -2.45. The molecule has 2 aromatic carbocycles. The maximum absolute atomic E-state index is 12.2. The zero-order chi connectivity index (χ0) is 16.8. The predicted octanol–water partition coefficient (Wildman–Crippen LogP) is 4.21. The summed E-state index contributed by atoms with van der Waals surface area (Å²) in [6.45, 7) is 2.01. The van der Waals surface area contributed by atoms with Gasteiger partial charge in [0, 0.05) is 35.9 Å². The second kappa shape index (κ2) is 7.69. The third-order valence-corrected chi connectivity index (χ3v) is 4.74. The molecule has 0 unspecified atom stereocenters. The van der Waals surface area contributed by atoms with E-state index in [1.165, 1.54) is 5.56 Å². The van der Waals surface area contributed by atoms with Crippen LogP contribution in [0.1, 0.15) is 18.4 Å². The van der Waals surface area contributed by atoms with Crippen LogP contribution in [0.3, 0.4) is 0 Å². The van der Waals surface area contributed by atoms with Crippen molar-refractivity contribution in [2.75, 3.05) is 25.1 Å². The summed E-state index contributed by atoms with van der Waals surface area (Å²) >= 11 is 5.94. The highest BCUT2D eigenvalue weighted by atomic mass is 35.5. The van der Waals surface area contributed by atoms with Crippen molar-refractivity contribution >= 4 is 23.3 Å². The molecule has 126 valence electrons. The van der Waals surface area contributed by atoms with E-state index in [0.29, 0.717) is 30.5 Å². The molecule has 0 aliphatic carbocycles. The lowest BCUT2D eigenvalue weighted by atomic mass is 9.74. The van der Waals surface area contributed by atoms with Crippen LogP contribution in [-0.4, -0.2) is 25.8 Å². The van der Waals surface area contributed by atoms with Gasteiger partial charge in [0.2, 0.25) is 0 Å². The van der Waals surface area contributed by atoms with E-state index in [0.717, 1.165) is 12.8 Å². The molecule has 5 heteroatoms. The van der Waals surface area contributed by atoms with Gasteiger partial charge in [0.1, 0.15) is 0 Å². The minimum Gasteiger partial charge on any atom is -0.381 e. The predicted molar refractivity (Wildman–Crippen MR) is 96.6 cm³/mol. The normalized spacial score (nSPS) is 16.4. The highest BCUT2D eigenvalue weighted by Gasteiger charge is 2.34. The molecule has 0 radical (unpaired) electrons. The Labute approximate surface area is 147 Å². The molecule has 24 heavy (non-hydrogen) atoms. The van der Waals surface area contributed by atoms with Gasteiger partial charge in [-0.25, -0.2) is 4.79 Å². The third-order valence-electron chi connectivity index (χ3n) is 4.51. The highest BCUT2D eigenvalue weighted by molar-refractivity contribution is 6.30. The van der Waals surface area contributed by atoms with Gasteiger partial charge in [0.25, 0.3) is 0 Å². The van der Waals surface area contributed by atoms with Crippen LogP contribution in [0.15, 0.2) is 54.6 Å². The van der Waals surface area contributed by atoms with E-state index in [2.05, 4.69) is 22.8 Å². The monoisotopic (exact) mass is 344 g/mol. The number of benzene rings is 2. The lowest BCUT2D eigenvalue weighted by molar-refractivity contribution is 0.0508. The molecule has 2 aromatic rings. The number of anilines is 1. The van der Waals surface area contributed by atoms with Crippen molar-refractivity contribution in [3.63, 3.8) is 0 Å². The molecule has 0 atom stereocenters. The molecule has 1 fully saturated rings. The second-order valence-corrected chi connectivity index (χ2v) is 6.51. The zero-order valence-electron chi connectivity index (χ0n) is 13.4. The van der Waals surface area contributed by atoms with Crippen molar-refractivity contribution in [3.05, 3.63) is 65.2 Å². The van der Waals surface area contributed by atoms with Gasteiger partial charge >= 0.3 is 6.03 Å². The number of carbonyl (C=O) groups is 1. The van der Waals surface area contributed by atoms with Gasteiger partial charge in [-0.1, -0.05) is 48.0 Å². The van der Waals surface area contributed by atoms with Crippen molar-refractivity contribution in [2.24, 2.45) is 0 Å². The van der Waals surface area contributed by atoms with Crippen molar-refractivity contribution in [1.82, 2.24) is 5.32 Å². The van der Waals surface area contributed by atoms with Gasteiger partial charge in [-0.2, -0.15) is 0 Å². The number of nitrogens with one attached hydrogen (secondary N) is 2. The largest absolute Gasteiger partial charge is 0.381 e. The van der Waals surface area contributed by atoms with Crippen molar-refractivity contribution < 1.29 is 9.53 Å². The van der Waals surface area contributed by atoms with Crippen LogP contribution in [0, 0.1) is 0 Å². The topological polar surface area (TPSA) is 50.4 Å². The molecule has 2 amide bonds. The number of hydrogen-bond acceptors (Lipinski definition) is 2. The molecule has 0 spiro atoms. The Hall–Kier alpha value is -2.04. The summed E-state index contributed by atoms with van der Waals surface area (Å²) in [6, 6.07) is 17.2. The van der Waals surface area contributed by atoms with E-state index < -0.39 is 0 Å². The summed E-state index contributed by atoms with van der Waals surface area (Å²) in [6.07, 6.45) is 1.79. The van der Waals surface area contributed by atoms with Gasteiger partial charge in [0.05, 0.1) is 0 Å². The molecule has 1 aliphatic rings. The number of hydrogen-bond donors (Lipinski definition) is 2. The number of carbonyl (C=O) groups excluding carboxylic acids is 1. The van der Waals surface area contributed by atoms with Crippen molar-refractivity contribution in [3.8, 4) is 0 Å². The van der Waals surface area contributed by atoms with E-state index in [1.807, 2.05) is 30.3 Å². The number of rotatable bonds is 4. The molecule has 0 aromatic heterocycles. The Morgan fingerprint density at radius 1 is 1.08 bits per heavy atom. The maximum Gasteiger partial charge on any atom is 0.319 e. The van der Waals surface area contributed by atoms with E-state index >= 15 is 0 Å². The van der Waals surface area contributed by atoms with Gasteiger partial charge in [-0.3, -0.25) is 0 Å². The maximum atomic E-state index is 12.2. The molecule has 1 heterocycles. The second-order valence-electron chi connectivity index (χ2n) is 6.08. The fourth-order valence-electron chi connectivity index (χ4n) is 3.11. The van der Waals surface area contributed by atoms with Crippen molar-refractivity contribution in [1.29, 1.82) is 0 Å². The van der Waals surface area contributed by atoms with Crippen LogP contribution in [0.2, 0.25) is 5.02 Å². The highest BCUT2D eigenvalue weighted by Crippen LogP contribution is 2.34. The van der Waals surface area contributed by atoms with Crippen LogP contribution < -0.4 is 10.6 Å². The Bertz CT molecular complexity index is 685.